The Morgan fingerprint density at radius 2 is 2.07 bits per heavy atom. The van der Waals surface area contributed by atoms with Gasteiger partial charge in [0.1, 0.15) is 0 Å². The second kappa shape index (κ2) is 10.0. The van der Waals surface area contributed by atoms with Gasteiger partial charge in [-0.25, -0.2) is 4.79 Å². The number of nitrogens with one attached hydrogen (secondary N) is 2. The van der Waals surface area contributed by atoms with Crippen LogP contribution < -0.4 is 15.4 Å². The van der Waals surface area contributed by atoms with Crippen LogP contribution in [-0.2, 0) is 6.54 Å². The van der Waals surface area contributed by atoms with Crippen LogP contribution in [0.4, 0.5) is 10.5 Å². The van der Waals surface area contributed by atoms with Crippen LogP contribution >= 0.6 is 11.3 Å². The van der Waals surface area contributed by atoms with Crippen LogP contribution in [0.2, 0.25) is 0 Å². The predicted octanol–water partition coefficient (Wildman–Crippen LogP) is 6.36. The van der Waals surface area contributed by atoms with E-state index >= 15 is 0 Å². The number of rotatable bonds is 7. The van der Waals surface area contributed by atoms with Crippen molar-refractivity contribution in [3.05, 3.63) is 54.4 Å². The van der Waals surface area contributed by atoms with E-state index in [4.69, 9.17) is 4.74 Å². The molecule has 1 aliphatic rings. The van der Waals surface area contributed by atoms with Crippen LogP contribution in [0.25, 0.3) is 10.1 Å². The lowest BCUT2D eigenvalue weighted by atomic mass is 9.85. The van der Waals surface area contributed by atoms with Gasteiger partial charge >= 0.3 is 6.09 Å². The van der Waals surface area contributed by atoms with Crippen molar-refractivity contribution in [2.45, 2.75) is 58.0 Å². The molecule has 0 radical (unpaired) electrons. The summed E-state index contributed by atoms with van der Waals surface area (Å²) in [5.41, 5.74) is 1.69. The highest BCUT2D eigenvalue weighted by Gasteiger charge is 2.17. The van der Waals surface area contributed by atoms with Crippen LogP contribution in [0.15, 0.2) is 48.8 Å². The van der Waals surface area contributed by atoms with Crippen LogP contribution in [0.1, 0.15) is 51.0 Å². The molecule has 2 heterocycles. The van der Waals surface area contributed by atoms with Crippen molar-refractivity contribution in [3.8, 4) is 5.06 Å². The molecule has 2 N–H and O–H groups in total. The first-order valence-corrected chi connectivity index (χ1v) is 11.6. The number of carbonyl (C=O) groups is 1. The number of hydrogen-bond donors (Lipinski definition) is 2. The number of pyridine rings is 1. The highest BCUT2D eigenvalue weighted by Crippen LogP contribution is 2.31. The topological polar surface area (TPSA) is 63.2 Å². The van der Waals surface area contributed by atoms with Crippen molar-refractivity contribution >= 4 is 33.2 Å². The van der Waals surface area contributed by atoms with Crippen LogP contribution in [0.3, 0.4) is 0 Å². The molecule has 1 unspecified atom stereocenters. The summed E-state index contributed by atoms with van der Waals surface area (Å²) >= 11 is 1.46. The number of amides is 1. The zero-order valence-corrected chi connectivity index (χ0v) is 18.2. The number of aromatic nitrogens is 1. The quantitative estimate of drug-likeness (QED) is 0.464. The first-order valence-electron chi connectivity index (χ1n) is 10.8. The molecule has 1 fully saturated rings. The van der Waals surface area contributed by atoms with Crippen molar-refractivity contribution in [2.24, 2.45) is 5.92 Å². The molecular weight excluding hydrogens is 394 g/mol. The molecule has 1 aromatic carbocycles. The molecule has 1 aliphatic carbocycles. The SMILES string of the molecule is CC(CC1CCCCC1)NCc1ccncc1NC(=O)Oc1cc2ccccc2s1. The molecule has 3 aromatic rings. The van der Waals surface area contributed by atoms with Crippen molar-refractivity contribution < 1.29 is 9.53 Å². The normalized spacial score (nSPS) is 15.8. The third-order valence-electron chi connectivity index (χ3n) is 5.80. The first kappa shape index (κ1) is 20.8. The maximum Gasteiger partial charge on any atom is 0.417 e. The Labute approximate surface area is 181 Å². The van der Waals surface area contributed by atoms with Gasteiger partial charge in [-0.3, -0.25) is 10.3 Å². The van der Waals surface area contributed by atoms with E-state index in [1.165, 1.54) is 49.9 Å². The van der Waals surface area contributed by atoms with Gasteiger partial charge in [0.2, 0.25) is 0 Å². The number of anilines is 1. The van der Waals surface area contributed by atoms with E-state index in [1.807, 2.05) is 36.4 Å². The van der Waals surface area contributed by atoms with Gasteiger partial charge in [0.05, 0.1) is 11.9 Å². The number of thiophene rings is 1. The lowest BCUT2D eigenvalue weighted by Crippen LogP contribution is -2.29. The lowest BCUT2D eigenvalue weighted by molar-refractivity contribution is 0.216. The van der Waals surface area contributed by atoms with Crippen molar-refractivity contribution in [2.75, 3.05) is 5.32 Å². The van der Waals surface area contributed by atoms with E-state index in [9.17, 15) is 4.79 Å². The number of hydrogen-bond acceptors (Lipinski definition) is 5. The fraction of sp³-hybridized carbons (Fsp3) is 0.417. The predicted molar refractivity (Wildman–Crippen MR) is 123 cm³/mol. The Morgan fingerprint density at radius 3 is 2.90 bits per heavy atom. The number of nitrogens with zero attached hydrogens (tertiary/aromatic N) is 1. The molecule has 0 bridgehead atoms. The van der Waals surface area contributed by atoms with Gasteiger partial charge in [-0.1, -0.05) is 61.6 Å². The first-order chi connectivity index (χ1) is 14.7. The van der Waals surface area contributed by atoms with Crippen LogP contribution in [0, 0.1) is 5.92 Å². The number of fused-ring (bicyclic) bond motifs is 1. The summed E-state index contributed by atoms with van der Waals surface area (Å²) < 4.78 is 6.60. The Hall–Kier alpha value is -2.44. The standard InChI is InChI=1S/C24H29N3O2S/c1-17(13-18-7-3-2-4-8-18)26-15-20-11-12-25-16-21(20)27-24(28)29-23-14-19-9-5-6-10-22(19)30-23/h5-6,9-12,14,16-18,26H,2-4,7-8,13,15H2,1H3,(H,27,28). The van der Waals surface area contributed by atoms with Crippen molar-refractivity contribution in [1.82, 2.24) is 10.3 Å². The molecule has 1 amide bonds. The minimum atomic E-state index is -0.494. The van der Waals surface area contributed by atoms with Gasteiger partial charge in [0.25, 0.3) is 0 Å². The molecular formula is C24H29N3O2S. The van der Waals surface area contributed by atoms with Crippen LogP contribution in [-0.4, -0.2) is 17.1 Å². The van der Waals surface area contributed by atoms with E-state index in [-0.39, 0.29) is 0 Å². The summed E-state index contributed by atoms with van der Waals surface area (Å²) in [6.07, 6.45) is 11.0. The van der Waals surface area contributed by atoms with Crippen LogP contribution in [0.5, 0.6) is 5.06 Å². The smallest absolute Gasteiger partial charge is 0.399 e. The maximum atomic E-state index is 12.4. The average molecular weight is 424 g/mol. The van der Waals surface area contributed by atoms with E-state index in [0.717, 1.165) is 21.6 Å². The summed E-state index contributed by atoms with van der Waals surface area (Å²) in [7, 11) is 0. The van der Waals surface area contributed by atoms with Gasteiger partial charge in [0, 0.05) is 29.5 Å². The van der Waals surface area contributed by atoms with Crippen molar-refractivity contribution in [3.63, 3.8) is 0 Å². The molecule has 4 rings (SSSR count). The fourth-order valence-electron chi connectivity index (χ4n) is 4.21. The summed E-state index contributed by atoms with van der Waals surface area (Å²) in [4.78, 5) is 16.6. The summed E-state index contributed by atoms with van der Waals surface area (Å²) in [5, 5.41) is 8.12. The molecule has 2 aromatic heterocycles. The van der Waals surface area contributed by atoms with E-state index < -0.39 is 6.09 Å². The Bertz CT molecular complexity index is 948. The highest BCUT2D eigenvalue weighted by atomic mass is 32.1. The molecule has 0 spiro atoms. The lowest BCUT2D eigenvalue weighted by Gasteiger charge is -2.25. The minimum Gasteiger partial charge on any atom is -0.399 e. The zero-order chi connectivity index (χ0) is 20.8. The molecule has 158 valence electrons. The van der Waals surface area contributed by atoms with Gasteiger partial charge < -0.3 is 10.1 Å². The van der Waals surface area contributed by atoms with E-state index in [2.05, 4.69) is 22.5 Å². The molecule has 0 aliphatic heterocycles. The van der Waals surface area contributed by atoms with Gasteiger partial charge in [-0.2, -0.15) is 0 Å². The molecule has 30 heavy (non-hydrogen) atoms. The second-order valence-corrected chi connectivity index (χ2v) is 9.22. The summed E-state index contributed by atoms with van der Waals surface area (Å²) in [6, 6.07) is 12.3. The molecule has 5 nitrogen and oxygen atoms in total. The largest absolute Gasteiger partial charge is 0.417 e. The minimum absolute atomic E-state index is 0.444. The van der Waals surface area contributed by atoms with Gasteiger partial charge in [-0.15, -0.1) is 0 Å². The maximum absolute atomic E-state index is 12.4. The highest BCUT2D eigenvalue weighted by molar-refractivity contribution is 7.20. The van der Waals surface area contributed by atoms with E-state index in [1.54, 1.807) is 12.4 Å². The third-order valence-corrected chi connectivity index (χ3v) is 6.79. The number of carbonyl (C=O) groups excluding carboxylic acids is 1. The second-order valence-electron chi connectivity index (χ2n) is 8.17. The number of ether oxygens (including phenoxy) is 1. The Kier molecular flexibility index (Phi) is 6.97. The summed E-state index contributed by atoms with van der Waals surface area (Å²) in [6.45, 7) is 2.94. The fourth-order valence-corrected chi connectivity index (χ4v) is 5.13. The summed E-state index contributed by atoms with van der Waals surface area (Å²) in [5.74, 6) is 0.840. The monoisotopic (exact) mass is 423 g/mol. The molecule has 1 atom stereocenters. The molecule has 1 saturated carbocycles. The zero-order valence-electron chi connectivity index (χ0n) is 17.4. The molecule has 0 saturated heterocycles. The Balaban J connectivity index is 1.32. The average Bonchev–Trinajstić information content (AvgIpc) is 3.16. The van der Waals surface area contributed by atoms with Gasteiger partial charge in [0.15, 0.2) is 5.06 Å². The number of benzene rings is 1. The third kappa shape index (κ3) is 5.58. The van der Waals surface area contributed by atoms with Gasteiger partial charge in [-0.05, 0) is 42.3 Å². The van der Waals surface area contributed by atoms with Crippen molar-refractivity contribution in [1.29, 1.82) is 0 Å². The Morgan fingerprint density at radius 1 is 1.23 bits per heavy atom. The molecule has 6 heteroatoms. The van der Waals surface area contributed by atoms with E-state index in [0.29, 0.717) is 23.3 Å².